The number of halogens is 1. The molecule has 1 aromatic heterocycles. The third-order valence-corrected chi connectivity index (χ3v) is 4.76. The molecule has 0 spiro atoms. The first-order valence-electron chi connectivity index (χ1n) is 7.16. The molecule has 1 aliphatic heterocycles. The van der Waals surface area contributed by atoms with Crippen LogP contribution in [0.4, 0.5) is 10.2 Å². The fourth-order valence-electron chi connectivity index (χ4n) is 2.37. The van der Waals surface area contributed by atoms with Crippen LogP contribution in [-0.4, -0.2) is 37.3 Å². The molecule has 1 aromatic carbocycles. The molecule has 22 heavy (non-hydrogen) atoms. The normalized spacial score (nSPS) is 16.4. The van der Waals surface area contributed by atoms with Crippen LogP contribution in [0.3, 0.4) is 0 Å². The molecule has 0 N–H and O–H groups in total. The largest absolute Gasteiger partial charge is 0.491 e. The summed E-state index contributed by atoms with van der Waals surface area (Å²) in [6.07, 6.45) is 2.71. The molecule has 2 aromatic rings. The number of aromatic nitrogens is 2. The van der Waals surface area contributed by atoms with Crippen molar-refractivity contribution in [1.82, 2.24) is 9.97 Å². The summed E-state index contributed by atoms with van der Waals surface area (Å²) in [5.74, 6) is 2.47. The number of fused-ring (bicyclic) bond motifs is 1. The van der Waals surface area contributed by atoms with E-state index in [1.807, 2.05) is 43.3 Å². The minimum atomic E-state index is -0.474. The smallest absolute Gasteiger partial charge is 0.144 e. The van der Waals surface area contributed by atoms with E-state index in [4.69, 9.17) is 4.74 Å². The molecule has 1 atom stereocenters. The predicted molar refractivity (Wildman–Crippen MR) is 86.6 cm³/mol. The average Bonchev–Trinajstić information content (AvgIpc) is 2.96. The van der Waals surface area contributed by atoms with Crippen molar-refractivity contribution in [1.29, 1.82) is 0 Å². The van der Waals surface area contributed by atoms with Gasteiger partial charge in [0.05, 0.1) is 5.25 Å². The summed E-state index contributed by atoms with van der Waals surface area (Å²) in [6.45, 7) is -0.376. The summed E-state index contributed by atoms with van der Waals surface area (Å²) in [4.78, 5) is 12.2. The Hall–Kier alpha value is -1.82. The molecule has 1 unspecified atom stereocenters. The standard InChI is InChI=1S/C16H18FN3OS/c1-20(2)15-5-7-18-16(19-15)14-9-11-3-4-12(21-8-6-17)10-13(11)22-14/h3-5,7,10,14H,6,8-9H2,1-2H3. The van der Waals surface area contributed by atoms with Gasteiger partial charge in [-0.05, 0) is 30.2 Å². The Morgan fingerprint density at radius 3 is 3.00 bits per heavy atom. The van der Waals surface area contributed by atoms with Crippen molar-refractivity contribution < 1.29 is 9.13 Å². The Kier molecular flexibility index (Phi) is 4.47. The first-order valence-corrected chi connectivity index (χ1v) is 8.04. The molecule has 0 saturated carbocycles. The number of hydrogen-bond acceptors (Lipinski definition) is 5. The molecular weight excluding hydrogens is 301 g/mol. The average molecular weight is 319 g/mol. The van der Waals surface area contributed by atoms with Gasteiger partial charge in [0.25, 0.3) is 0 Å². The quantitative estimate of drug-likeness (QED) is 0.845. The highest BCUT2D eigenvalue weighted by Crippen LogP contribution is 2.46. The van der Waals surface area contributed by atoms with Crippen molar-refractivity contribution in [2.45, 2.75) is 16.6 Å². The van der Waals surface area contributed by atoms with Gasteiger partial charge in [-0.25, -0.2) is 14.4 Å². The number of thioether (sulfide) groups is 1. The van der Waals surface area contributed by atoms with Crippen LogP contribution in [0, 0.1) is 0 Å². The molecular formula is C16H18FN3OS. The van der Waals surface area contributed by atoms with E-state index in [1.165, 1.54) is 10.5 Å². The third-order valence-electron chi connectivity index (χ3n) is 3.46. The highest BCUT2D eigenvalue weighted by Gasteiger charge is 2.26. The van der Waals surface area contributed by atoms with E-state index in [-0.39, 0.29) is 11.9 Å². The summed E-state index contributed by atoms with van der Waals surface area (Å²) in [5.41, 5.74) is 1.27. The van der Waals surface area contributed by atoms with Crippen LogP contribution in [0.15, 0.2) is 35.4 Å². The number of hydrogen-bond donors (Lipinski definition) is 0. The number of anilines is 1. The first kappa shape index (κ1) is 15.1. The van der Waals surface area contributed by atoms with Crippen LogP contribution in [0.5, 0.6) is 5.75 Å². The molecule has 0 aliphatic carbocycles. The highest BCUT2D eigenvalue weighted by molar-refractivity contribution is 7.99. The minimum Gasteiger partial charge on any atom is -0.491 e. The van der Waals surface area contributed by atoms with Gasteiger partial charge in [0, 0.05) is 25.2 Å². The molecule has 3 rings (SSSR count). The van der Waals surface area contributed by atoms with Crippen molar-refractivity contribution >= 4 is 17.6 Å². The van der Waals surface area contributed by atoms with Gasteiger partial charge in [-0.2, -0.15) is 0 Å². The summed E-state index contributed by atoms with van der Waals surface area (Å²) in [5, 5.41) is 0.214. The van der Waals surface area contributed by atoms with E-state index in [0.29, 0.717) is 5.75 Å². The molecule has 1 aliphatic rings. The first-order chi connectivity index (χ1) is 10.7. The van der Waals surface area contributed by atoms with Crippen LogP contribution >= 0.6 is 11.8 Å². The third kappa shape index (κ3) is 3.16. The topological polar surface area (TPSA) is 38.2 Å². The van der Waals surface area contributed by atoms with Gasteiger partial charge in [-0.3, -0.25) is 0 Å². The van der Waals surface area contributed by atoms with E-state index >= 15 is 0 Å². The van der Waals surface area contributed by atoms with Crippen LogP contribution in [0.2, 0.25) is 0 Å². The molecule has 2 heterocycles. The number of nitrogens with zero attached hydrogens (tertiary/aromatic N) is 3. The molecule has 0 amide bonds. The second kappa shape index (κ2) is 6.52. The second-order valence-electron chi connectivity index (χ2n) is 5.29. The van der Waals surface area contributed by atoms with Gasteiger partial charge < -0.3 is 9.64 Å². The molecule has 116 valence electrons. The van der Waals surface area contributed by atoms with E-state index in [2.05, 4.69) is 9.97 Å². The molecule has 0 saturated heterocycles. The second-order valence-corrected chi connectivity index (χ2v) is 6.53. The lowest BCUT2D eigenvalue weighted by Crippen LogP contribution is -2.12. The zero-order valence-electron chi connectivity index (χ0n) is 12.6. The summed E-state index contributed by atoms with van der Waals surface area (Å²) in [7, 11) is 3.94. The van der Waals surface area contributed by atoms with Crippen LogP contribution in [0.1, 0.15) is 16.6 Å². The van der Waals surface area contributed by atoms with Gasteiger partial charge in [-0.1, -0.05) is 6.07 Å². The number of benzene rings is 1. The maximum Gasteiger partial charge on any atom is 0.144 e. The molecule has 0 fully saturated rings. The van der Waals surface area contributed by atoms with Crippen molar-refractivity contribution in [3.8, 4) is 5.75 Å². The zero-order chi connectivity index (χ0) is 15.5. The van der Waals surface area contributed by atoms with Crippen LogP contribution < -0.4 is 9.64 Å². The highest BCUT2D eigenvalue weighted by atomic mass is 32.2. The Morgan fingerprint density at radius 2 is 2.23 bits per heavy atom. The maximum absolute atomic E-state index is 12.2. The maximum atomic E-state index is 12.2. The van der Waals surface area contributed by atoms with Crippen molar-refractivity contribution in [2.24, 2.45) is 0 Å². The van der Waals surface area contributed by atoms with Gasteiger partial charge in [0.2, 0.25) is 0 Å². The number of alkyl halides is 1. The lowest BCUT2D eigenvalue weighted by Gasteiger charge is -2.13. The minimum absolute atomic E-state index is 0.0981. The van der Waals surface area contributed by atoms with Crippen molar-refractivity contribution in [3.05, 3.63) is 41.9 Å². The Balaban J connectivity index is 1.77. The number of ether oxygens (including phenoxy) is 1. The molecule has 0 radical (unpaired) electrons. The van der Waals surface area contributed by atoms with E-state index in [9.17, 15) is 4.39 Å². The monoisotopic (exact) mass is 319 g/mol. The molecule has 0 bridgehead atoms. The van der Waals surface area contributed by atoms with Gasteiger partial charge >= 0.3 is 0 Å². The molecule has 4 nitrogen and oxygen atoms in total. The number of rotatable bonds is 5. The van der Waals surface area contributed by atoms with Crippen LogP contribution in [0.25, 0.3) is 0 Å². The van der Waals surface area contributed by atoms with Crippen LogP contribution in [-0.2, 0) is 6.42 Å². The SMILES string of the molecule is CN(C)c1ccnc(C2Cc3ccc(OCCF)cc3S2)n1. The Morgan fingerprint density at radius 1 is 1.36 bits per heavy atom. The zero-order valence-corrected chi connectivity index (χ0v) is 13.4. The Labute approximate surface area is 133 Å². The lowest BCUT2D eigenvalue weighted by molar-refractivity contribution is 0.273. The van der Waals surface area contributed by atoms with Crippen molar-refractivity contribution in [3.63, 3.8) is 0 Å². The van der Waals surface area contributed by atoms with Crippen molar-refractivity contribution in [2.75, 3.05) is 32.3 Å². The van der Waals surface area contributed by atoms with Gasteiger partial charge in [0.15, 0.2) is 0 Å². The summed E-state index contributed by atoms with van der Waals surface area (Å²) < 4.78 is 17.5. The van der Waals surface area contributed by atoms with E-state index < -0.39 is 6.67 Å². The van der Waals surface area contributed by atoms with E-state index in [0.717, 1.165) is 18.1 Å². The summed E-state index contributed by atoms with van der Waals surface area (Å²) in [6, 6.07) is 7.82. The molecule has 6 heteroatoms. The fourth-order valence-corrected chi connectivity index (χ4v) is 3.64. The van der Waals surface area contributed by atoms with E-state index in [1.54, 1.807) is 18.0 Å². The van der Waals surface area contributed by atoms with Gasteiger partial charge in [0.1, 0.15) is 30.7 Å². The fraction of sp³-hybridized carbons (Fsp3) is 0.375. The van der Waals surface area contributed by atoms with Gasteiger partial charge in [-0.15, -0.1) is 11.8 Å². The predicted octanol–water partition coefficient (Wildman–Crippen LogP) is 3.28. The summed E-state index contributed by atoms with van der Waals surface area (Å²) >= 11 is 1.74. The Bertz CT molecular complexity index is 666. The lowest BCUT2D eigenvalue weighted by atomic mass is 10.1.